The molecule has 0 bridgehead atoms. The van der Waals surface area contributed by atoms with E-state index in [1.807, 2.05) is 6.08 Å². The number of ether oxygens (including phenoxy) is 4. The number of aliphatic hydroxyl groups excluding tert-OH is 8. The summed E-state index contributed by atoms with van der Waals surface area (Å²) in [6.45, 7) is 2.55. The van der Waals surface area contributed by atoms with Gasteiger partial charge in [0.15, 0.2) is 12.6 Å². The van der Waals surface area contributed by atoms with Gasteiger partial charge >= 0.3 is 0 Å². The second-order valence-electron chi connectivity index (χ2n) is 17.2. The monoisotopic (exact) mass is 922 g/mol. The van der Waals surface area contributed by atoms with Crippen LogP contribution < -0.4 is 5.32 Å². The molecule has 12 atom stereocenters. The van der Waals surface area contributed by atoms with Gasteiger partial charge < -0.3 is 65.1 Å². The summed E-state index contributed by atoms with van der Waals surface area (Å²) in [5.41, 5.74) is 0. The predicted octanol–water partition coefficient (Wildman–Crippen LogP) is 6.04. The highest BCUT2D eigenvalue weighted by molar-refractivity contribution is 5.76. The number of unbranched alkanes of at least 4 members (excludes halogenated alkanes) is 13. The number of amides is 1. The normalized spacial score (nSPS) is 27.7. The van der Waals surface area contributed by atoms with E-state index >= 15 is 0 Å². The van der Waals surface area contributed by atoms with E-state index in [1.54, 1.807) is 6.08 Å². The standard InChI is InChI=1S/C51H87NO13/c1-3-5-7-9-11-12-13-14-15-16-17-18-19-20-21-22-23-24-25-26-27-28-29-31-33-35-43(56)52-39(40(55)34-32-30-10-8-6-4-2)38-62-50-48(61)46(59)49(42(37-54)64-50)65-51-47(60)45(58)44(57)41(36-53)63-51/h5,7,11-12,14-15,17-18,20-21,32,34,39-42,44-51,53-55,57-61H,3-4,6,8-10,13,16,19,22-31,33,35-38H2,1-2H3,(H,52,56)/b7-5-,12-11-,15-14-,18-17-,21-20-,34-32+. The fraction of sp³-hybridized carbons (Fsp3) is 0.745. The summed E-state index contributed by atoms with van der Waals surface area (Å²) in [5.74, 6) is -0.257. The first-order chi connectivity index (χ1) is 31.6. The van der Waals surface area contributed by atoms with Crippen molar-refractivity contribution < 1.29 is 64.6 Å². The molecule has 0 aromatic carbocycles. The first-order valence-corrected chi connectivity index (χ1v) is 24.7. The molecule has 0 aromatic heterocycles. The summed E-state index contributed by atoms with van der Waals surface area (Å²) in [5, 5.41) is 86.2. The maximum Gasteiger partial charge on any atom is 0.220 e. The Balaban J connectivity index is 1.71. The average Bonchev–Trinajstić information content (AvgIpc) is 3.30. The Labute approximate surface area is 389 Å². The van der Waals surface area contributed by atoms with Gasteiger partial charge in [-0.15, -0.1) is 0 Å². The van der Waals surface area contributed by atoms with E-state index in [9.17, 15) is 45.6 Å². The van der Waals surface area contributed by atoms with Crippen LogP contribution in [0.2, 0.25) is 0 Å². The van der Waals surface area contributed by atoms with Gasteiger partial charge in [0, 0.05) is 6.42 Å². The lowest BCUT2D eigenvalue weighted by atomic mass is 9.97. The van der Waals surface area contributed by atoms with Crippen LogP contribution in [0.25, 0.3) is 0 Å². The number of hydrogen-bond acceptors (Lipinski definition) is 13. The molecule has 2 aliphatic heterocycles. The van der Waals surface area contributed by atoms with Crippen LogP contribution in [0.5, 0.6) is 0 Å². The molecule has 0 saturated carbocycles. The van der Waals surface area contributed by atoms with Gasteiger partial charge in [-0.3, -0.25) is 4.79 Å². The molecule has 2 heterocycles. The van der Waals surface area contributed by atoms with E-state index in [-0.39, 0.29) is 18.9 Å². The molecule has 374 valence electrons. The SMILES string of the molecule is CC/C=C\C/C=C\C/C=C\C/C=C\C/C=C\CCCCCCCCCCCC(=O)NC(COC1OC(CO)C(OC2OC(CO)C(O)C(O)C2O)C(O)C1O)C(O)/C=C/CCCCCC. The minimum atomic E-state index is -1.79. The lowest BCUT2D eigenvalue weighted by Gasteiger charge is -2.46. The van der Waals surface area contributed by atoms with Gasteiger partial charge in [0.1, 0.15) is 48.8 Å². The summed E-state index contributed by atoms with van der Waals surface area (Å²) in [7, 11) is 0. The zero-order valence-corrected chi connectivity index (χ0v) is 39.4. The van der Waals surface area contributed by atoms with E-state index in [2.05, 4.69) is 79.9 Å². The molecule has 0 aliphatic carbocycles. The molecule has 12 unspecified atom stereocenters. The molecule has 2 saturated heterocycles. The Morgan fingerprint density at radius 2 is 1.06 bits per heavy atom. The van der Waals surface area contributed by atoms with E-state index in [4.69, 9.17) is 18.9 Å². The minimum Gasteiger partial charge on any atom is -0.394 e. The van der Waals surface area contributed by atoms with Gasteiger partial charge in [-0.1, -0.05) is 151 Å². The maximum atomic E-state index is 13.1. The summed E-state index contributed by atoms with van der Waals surface area (Å²) in [4.78, 5) is 13.1. The van der Waals surface area contributed by atoms with E-state index in [0.717, 1.165) is 89.9 Å². The smallest absolute Gasteiger partial charge is 0.220 e. The van der Waals surface area contributed by atoms with E-state index in [0.29, 0.717) is 6.42 Å². The summed E-state index contributed by atoms with van der Waals surface area (Å²) < 4.78 is 22.6. The lowest BCUT2D eigenvalue weighted by molar-refractivity contribution is -0.359. The van der Waals surface area contributed by atoms with Crippen molar-refractivity contribution in [3.63, 3.8) is 0 Å². The highest BCUT2D eigenvalue weighted by Gasteiger charge is 2.51. The topological polar surface area (TPSA) is 228 Å². The van der Waals surface area contributed by atoms with Crippen molar-refractivity contribution in [2.24, 2.45) is 0 Å². The van der Waals surface area contributed by atoms with Crippen molar-refractivity contribution in [3.05, 3.63) is 72.9 Å². The van der Waals surface area contributed by atoms with Crippen LogP contribution in [0.3, 0.4) is 0 Å². The predicted molar refractivity (Wildman–Crippen MR) is 253 cm³/mol. The van der Waals surface area contributed by atoms with E-state index < -0.39 is 86.8 Å². The second-order valence-corrected chi connectivity index (χ2v) is 17.2. The molecular formula is C51H87NO13. The largest absolute Gasteiger partial charge is 0.394 e. The number of carbonyl (C=O) groups excluding carboxylic acids is 1. The number of nitrogens with one attached hydrogen (secondary N) is 1. The third-order valence-corrected chi connectivity index (χ3v) is 11.6. The number of rotatable bonds is 36. The fourth-order valence-corrected chi connectivity index (χ4v) is 7.61. The Morgan fingerprint density at radius 3 is 1.63 bits per heavy atom. The molecular weight excluding hydrogens is 835 g/mol. The molecule has 14 heteroatoms. The number of hydrogen-bond donors (Lipinski definition) is 9. The van der Waals surface area contributed by atoms with Gasteiger partial charge in [0.2, 0.25) is 5.91 Å². The molecule has 0 spiro atoms. The molecule has 2 aliphatic rings. The van der Waals surface area contributed by atoms with Crippen molar-refractivity contribution >= 4 is 5.91 Å². The number of carbonyl (C=O) groups is 1. The van der Waals surface area contributed by atoms with Crippen LogP contribution in [0.1, 0.15) is 149 Å². The highest BCUT2D eigenvalue weighted by Crippen LogP contribution is 2.30. The molecule has 0 aromatic rings. The van der Waals surface area contributed by atoms with Crippen molar-refractivity contribution in [3.8, 4) is 0 Å². The van der Waals surface area contributed by atoms with Gasteiger partial charge in [-0.25, -0.2) is 0 Å². The van der Waals surface area contributed by atoms with Gasteiger partial charge in [0.05, 0.1) is 32.0 Å². The first-order valence-electron chi connectivity index (χ1n) is 24.7. The number of allylic oxidation sites excluding steroid dienone is 11. The maximum absolute atomic E-state index is 13.1. The van der Waals surface area contributed by atoms with Gasteiger partial charge in [-0.05, 0) is 64.2 Å². The van der Waals surface area contributed by atoms with Crippen LogP contribution >= 0.6 is 0 Å². The van der Waals surface area contributed by atoms with Gasteiger partial charge in [-0.2, -0.15) is 0 Å². The Kier molecular flexibility index (Phi) is 33.7. The quantitative estimate of drug-likeness (QED) is 0.0258. The minimum absolute atomic E-state index is 0.257. The molecule has 2 fully saturated rings. The van der Waals surface area contributed by atoms with Crippen molar-refractivity contribution in [1.29, 1.82) is 0 Å². The zero-order valence-electron chi connectivity index (χ0n) is 39.4. The molecule has 14 nitrogen and oxygen atoms in total. The van der Waals surface area contributed by atoms with Gasteiger partial charge in [0.25, 0.3) is 0 Å². The van der Waals surface area contributed by atoms with Crippen LogP contribution in [-0.2, 0) is 23.7 Å². The molecule has 2 rings (SSSR count). The van der Waals surface area contributed by atoms with E-state index in [1.165, 1.54) is 32.1 Å². The zero-order chi connectivity index (χ0) is 47.5. The first kappa shape index (κ1) is 58.6. The van der Waals surface area contributed by atoms with Crippen molar-refractivity contribution in [2.75, 3.05) is 19.8 Å². The summed E-state index contributed by atoms with van der Waals surface area (Å²) in [6, 6.07) is -0.918. The molecule has 9 N–H and O–H groups in total. The molecule has 65 heavy (non-hydrogen) atoms. The molecule has 0 radical (unpaired) electrons. The molecule has 1 amide bonds. The Bertz CT molecular complexity index is 1370. The van der Waals surface area contributed by atoms with Crippen LogP contribution in [-0.4, -0.2) is 140 Å². The summed E-state index contributed by atoms with van der Waals surface area (Å²) >= 11 is 0. The van der Waals surface area contributed by atoms with Crippen molar-refractivity contribution in [2.45, 2.75) is 222 Å². The Morgan fingerprint density at radius 1 is 0.569 bits per heavy atom. The van der Waals surface area contributed by atoms with Crippen molar-refractivity contribution in [1.82, 2.24) is 5.32 Å². The fourth-order valence-electron chi connectivity index (χ4n) is 7.61. The average molecular weight is 922 g/mol. The Hall–Kier alpha value is -2.57. The lowest BCUT2D eigenvalue weighted by Crippen LogP contribution is -2.65. The van der Waals surface area contributed by atoms with Crippen LogP contribution in [0, 0.1) is 0 Å². The third-order valence-electron chi connectivity index (χ3n) is 11.6. The summed E-state index contributed by atoms with van der Waals surface area (Å²) in [6.07, 6.45) is 29.9. The van der Waals surface area contributed by atoms with Crippen LogP contribution in [0.4, 0.5) is 0 Å². The van der Waals surface area contributed by atoms with Crippen LogP contribution in [0.15, 0.2) is 72.9 Å². The number of aliphatic hydroxyl groups is 8. The third kappa shape index (κ3) is 24.9. The highest BCUT2D eigenvalue weighted by atomic mass is 16.7. The second kappa shape index (κ2) is 37.4.